The number of likely N-dealkylation sites (tertiary alicyclic amines) is 1. The first-order valence-corrected chi connectivity index (χ1v) is 6.35. The number of aliphatic carboxylic acids is 1. The van der Waals surface area contributed by atoms with E-state index in [1.54, 1.807) is 19.0 Å². The predicted molar refractivity (Wildman–Crippen MR) is 68.6 cm³/mol. The quantitative estimate of drug-likeness (QED) is 0.735. The van der Waals surface area contributed by atoms with E-state index >= 15 is 0 Å². The second-order valence-electron chi connectivity index (χ2n) is 4.97. The van der Waals surface area contributed by atoms with Crippen LogP contribution >= 0.6 is 0 Å². The highest BCUT2D eigenvalue weighted by molar-refractivity contribution is 5.78. The van der Waals surface area contributed by atoms with Gasteiger partial charge in [-0.25, -0.2) is 4.79 Å². The van der Waals surface area contributed by atoms with Gasteiger partial charge in [0.25, 0.3) is 0 Å². The molecule has 1 rings (SSSR count). The molecule has 108 valence electrons. The summed E-state index contributed by atoms with van der Waals surface area (Å²) < 4.78 is 0. The lowest BCUT2D eigenvalue weighted by molar-refractivity contribution is -0.138. The van der Waals surface area contributed by atoms with Crippen molar-refractivity contribution in [3.63, 3.8) is 0 Å². The van der Waals surface area contributed by atoms with Gasteiger partial charge < -0.3 is 20.2 Å². The maximum absolute atomic E-state index is 11.8. The lowest BCUT2D eigenvalue weighted by Crippen LogP contribution is -2.40. The third-order valence-electron chi connectivity index (χ3n) is 3.15. The normalized spacial score (nSPS) is 18.2. The molecule has 2 N–H and O–H groups in total. The number of amides is 3. The highest BCUT2D eigenvalue weighted by Gasteiger charge is 2.27. The largest absolute Gasteiger partial charge is 0.481 e. The third kappa shape index (κ3) is 5.15. The molecule has 0 aromatic carbocycles. The van der Waals surface area contributed by atoms with Crippen molar-refractivity contribution in [1.29, 1.82) is 0 Å². The van der Waals surface area contributed by atoms with Crippen LogP contribution in [-0.2, 0) is 9.59 Å². The Hall–Kier alpha value is -1.79. The standard InChI is InChI=1S/C12H21N3O4/c1-14(2)10(16)3-5-13-12(19)15-6-4-9(8-15)7-11(17)18/h9H,3-8H2,1-2H3,(H,13,19)(H,17,18). The Balaban J connectivity index is 2.24. The summed E-state index contributed by atoms with van der Waals surface area (Å²) in [5.74, 6) is -0.832. The van der Waals surface area contributed by atoms with E-state index in [1.807, 2.05) is 0 Å². The number of hydrogen-bond donors (Lipinski definition) is 2. The average molecular weight is 271 g/mol. The summed E-state index contributed by atoms with van der Waals surface area (Å²) in [5, 5.41) is 11.4. The molecule has 0 saturated carbocycles. The zero-order chi connectivity index (χ0) is 14.4. The van der Waals surface area contributed by atoms with E-state index in [0.29, 0.717) is 19.6 Å². The van der Waals surface area contributed by atoms with Crippen molar-refractivity contribution in [3.05, 3.63) is 0 Å². The molecule has 1 saturated heterocycles. The van der Waals surface area contributed by atoms with Crippen molar-refractivity contribution in [3.8, 4) is 0 Å². The van der Waals surface area contributed by atoms with Gasteiger partial charge in [-0.1, -0.05) is 0 Å². The van der Waals surface area contributed by atoms with Crippen molar-refractivity contribution in [2.75, 3.05) is 33.7 Å². The third-order valence-corrected chi connectivity index (χ3v) is 3.15. The Morgan fingerprint density at radius 1 is 1.37 bits per heavy atom. The predicted octanol–water partition coefficient (Wildman–Crippen LogP) is -0.0291. The first kappa shape index (κ1) is 15.3. The molecule has 1 fully saturated rings. The summed E-state index contributed by atoms with van der Waals surface area (Å²) in [5.41, 5.74) is 0. The van der Waals surface area contributed by atoms with Crippen LogP contribution in [0.3, 0.4) is 0 Å². The molecule has 0 aromatic rings. The van der Waals surface area contributed by atoms with Gasteiger partial charge in [0.1, 0.15) is 0 Å². The highest BCUT2D eigenvalue weighted by atomic mass is 16.4. The molecule has 0 aliphatic carbocycles. The van der Waals surface area contributed by atoms with Gasteiger partial charge in [0.2, 0.25) is 5.91 Å². The van der Waals surface area contributed by atoms with Crippen LogP contribution in [0.4, 0.5) is 4.79 Å². The van der Waals surface area contributed by atoms with Gasteiger partial charge in [-0.3, -0.25) is 9.59 Å². The van der Waals surface area contributed by atoms with Crippen molar-refractivity contribution >= 4 is 17.9 Å². The van der Waals surface area contributed by atoms with Crippen LogP contribution in [0.2, 0.25) is 0 Å². The van der Waals surface area contributed by atoms with Crippen molar-refractivity contribution in [1.82, 2.24) is 15.1 Å². The van der Waals surface area contributed by atoms with Crippen molar-refractivity contribution < 1.29 is 19.5 Å². The van der Waals surface area contributed by atoms with Gasteiger partial charge in [0, 0.05) is 46.6 Å². The van der Waals surface area contributed by atoms with Crippen LogP contribution in [0.5, 0.6) is 0 Å². The number of nitrogens with zero attached hydrogens (tertiary/aromatic N) is 2. The van der Waals surface area contributed by atoms with Crippen molar-refractivity contribution in [2.45, 2.75) is 19.3 Å². The van der Waals surface area contributed by atoms with E-state index < -0.39 is 5.97 Å². The zero-order valence-electron chi connectivity index (χ0n) is 11.4. The molecule has 3 amide bonds. The summed E-state index contributed by atoms with van der Waals surface area (Å²) in [7, 11) is 3.34. The lowest BCUT2D eigenvalue weighted by atomic mass is 10.1. The van der Waals surface area contributed by atoms with Crippen molar-refractivity contribution in [2.24, 2.45) is 5.92 Å². The number of hydrogen-bond acceptors (Lipinski definition) is 3. The molecule has 1 heterocycles. The Kier molecular flexibility index (Phi) is 5.59. The fourth-order valence-corrected chi connectivity index (χ4v) is 2.04. The summed E-state index contributed by atoms with van der Waals surface area (Å²) in [4.78, 5) is 36.7. The monoisotopic (exact) mass is 271 g/mol. The Bertz CT molecular complexity index is 357. The maximum atomic E-state index is 11.8. The Morgan fingerprint density at radius 2 is 2.05 bits per heavy atom. The summed E-state index contributed by atoms with van der Waals surface area (Å²) in [6.45, 7) is 1.35. The molecular formula is C12H21N3O4. The van der Waals surface area contributed by atoms with Crippen LogP contribution in [0.15, 0.2) is 0 Å². The minimum atomic E-state index is -0.830. The second kappa shape index (κ2) is 6.96. The van der Waals surface area contributed by atoms with Gasteiger partial charge >= 0.3 is 12.0 Å². The van der Waals surface area contributed by atoms with E-state index in [0.717, 1.165) is 6.42 Å². The number of rotatable bonds is 5. The van der Waals surface area contributed by atoms with Crippen LogP contribution in [0, 0.1) is 5.92 Å². The molecule has 1 atom stereocenters. The van der Waals surface area contributed by atoms with Crippen LogP contribution in [0.1, 0.15) is 19.3 Å². The summed E-state index contributed by atoms with van der Waals surface area (Å²) >= 11 is 0. The maximum Gasteiger partial charge on any atom is 0.317 e. The Morgan fingerprint density at radius 3 is 2.63 bits per heavy atom. The number of carbonyl (C=O) groups is 3. The van der Waals surface area contributed by atoms with E-state index in [1.165, 1.54) is 4.90 Å². The zero-order valence-corrected chi connectivity index (χ0v) is 11.4. The summed E-state index contributed by atoms with van der Waals surface area (Å²) in [6.07, 6.45) is 1.09. The minimum Gasteiger partial charge on any atom is -0.481 e. The molecule has 0 radical (unpaired) electrons. The van der Waals surface area contributed by atoms with E-state index in [9.17, 15) is 14.4 Å². The molecule has 7 nitrogen and oxygen atoms in total. The van der Waals surface area contributed by atoms with Gasteiger partial charge in [-0.15, -0.1) is 0 Å². The molecular weight excluding hydrogens is 250 g/mol. The molecule has 0 aromatic heterocycles. The van der Waals surface area contributed by atoms with Crippen LogP contribution in [-0.4, -0.2) is 66.5 Å². The molecule has 1 unspecified atom stereocenters. The first-order valence-electron chi connectivity index (χ1n) is 6.35. The number of carboxylic acids is 1. The van der Waals surface area contributed by atoms with Gasteiger partial charge in [-0.05, 0) is 12.3 Å². The second-order valence-corrected chi connectivity index (χ2v) is 4.97. The highest BCUT2D eigenvalue weighted by Crippen LogP contribution is 2.19. The van der Waals surface area contributed by atoms with Gasteiger partial charge in [0.05, 0.1) is 0 Å². The van der Waals surface area contributed by atoms with Gasteiger partial charge in [0.15, 0.2) is 0 Å². The summed E-state index contributed by atoms with van der Waals surface area (Å²) in [6, 6.07) is -0.223. The first-order chi connectivity index (χ1) is 8.90. The van der Waals surface area contributed by atoms with Gasteiger partial charge in [-0.2, -0.15) is 0 Å². The van der Waals surface area contributed by atoms with E-state index in [2.05, 4.69) is 5.32 Å². The SMILES string of the molecule is CN(C)C(=O)CCNC(=O)N1CCC(CC(=O)O)C1. The smallest absolute Gasteiger partial charge is 0.317 e. The number of nitrogens with one attached hydrogen (secondary N) is 1. The molecule has 7 heteroatoms. The molecule has 0 spiro atoms. The molecule has 1 aliphatic heterocycles. The van der Waals surface area contributed by atoms with E-state index in [4.69, 9.17) is 5.11 Å². The molecule has 0 bridgehead atoms. The fourth-order valence-electron chi connectivity index (χ4n) is 2.04. The van der Waals surface area contributed by atoms with E-state index in [-0.39, 0.29) is 30.7 Å². The number of carbonyl (C=O) groups excluding carboxylic acids is 2. The Labute approximate surface area is 112 Å². The lowest BCUT2D eigenvalue weighted by Gasteiger charge is -2.17. The number of carboxylic acid groups (broad SMARTS) is 1. The van der Waals surface area contributed by atoms with Crippen LogP contribution < -0.4 is 5.32 Å². The number of urea groups is 1. The van der Waals surface area contributed by atoms with Crippen LogP contribution in [0.25, 0.3) is 0 Å². The molecule has 19 heavy (non-hydrogen) atoms. The minimum absolute atomic E-state index is 0.0339. The fraction of sp³-hybridized carbons (Fsp3) is 0.750. The molecule has 1 aliphatic rings. The average Bonchev–Trinajstić information content (AvgIpc) is 2.76. The topological polar surface area (TPSA) is 90.0 Å².